The summed E-state index contributed by atoms with van der Waals surface area (Å²) in [5.41, 5.74) is 4.14. The zero-order chi connectivity index (χ0) is 17.3. The van der Waals surface area contributed by atoms with E-state index in [0.717, 1.165) is 4.70 Å². The van der Waals surface area contributed by atoms with Gasteiger partial charge in [-0.3, -0.25) is 10.2 Å². The molecule has 0 aliphatic rings. The number of nitrogen functional groups attached to an aromatic ring is 1. The molecule has 0 saturated carbocycles. The molecule has 0 radical (unpaired) electrons. The molecule has 0 fully saturated rings. The fourth-order valence-electron chi connectivity index (χ4n) is 2.13. The molecule has 0 aliphatic carbocycles. The maximum absolute atomic E-state index is 12.4. The fourth-order valence-corrected chi connectivity index (χ4v) is 3.26. The Morgan fingerprint density at radius 3 is 2.71 bits per heavy atom. The molecule has 1 amide bonds. The van der Waals surface area contributed by atoms with E-state index in [2.05, 4.69) is 15.7 Å². The van der Waals surface area contributed by atoms with Gasteiger partial charge in [-0.15, -0.1) is 0 Å². The Bertz CT molecular complexity index is 929. The molecule has 24 heavy (non-hydrogen) atoms. The SMILES string of the molecule is COc1cc(NC(=O)c2ccc(Cl)c(Cl)c2)cc2sc(NN)nc12. The summed E-state index contributed by atoms with van der Waals surface area (Å²) in [6.07, 6.45) is 0. The standard InChI is InChI=1S/C15H12Cl2N4O2S/c1-23-11-5-8(6-12-13(11)20-15(21-18)24-12)19-14(22)7-2-3-9(16)10(17)4-7/h2-6H,18H2,1H3,(H,19,22)(H,20,21). The molecular formula is C15H12Cl2N4O2S. The van der Waals surface area contributed by atoms with E-state index in [0.29, 0.717) is 37.7 Å². The summed E-state index contributed by atoms with van der Waals surface area (Å²) in [5.74, 6) is 5.62. The van der Waals surface area contributed by atoms with Crippen molar-refractivity contribution in [2.75, 3.05) is 17.9 Å². The number of carbonyl (C=O) groups excluding carboxylic acids is 1. The number of hydrogen-bond acceptors (Lipinski definition) is 6. The lowest BCUT2D eigenvalue weighted by Crippen LogP contribution is -2.11. The second kappa shape index (κ2) is 6.82. The van der Waals surface area contributed by atoms with E-state index >= 15 is 0 Å². The second-order valence-corrected chi connectivity index (χ2v) is 6.62. The van der Waals surface area contributed by atoms with Crippen LogP contribution in [-0.4, -0.2) is 18.0 Å². The number of benzene rings is 2. The molecule has 3 aromatic rings. The Kier molecular flexibility index (Phi) is 4.77. The van der Waals surface area contributed by atoms with Crippen molar-refractivity contribution >= 4 is 61.5 Å². The Labute approximate surface area is 151 Å². The van der Waals surface area contributed by atoms with Crippen LogP contribution in [0.3, 0.4) is 0 Å². The Morgan fingerprint density at radius 1 is 1.25 bits per heavy atom. The molecule has 0 spiro atoms. The van der Waals surface area contributed by atoms with Gasteiger partial charge < -0.3 is 10.1 Å². The summed E-state index contributed by atoms with van der Waals surface area (Å²) >= 11 is 13.2. The highest BCUT2D eigenvalue weighted by atomic mass is 35.5. The number of halogens is 2. The first-order valence-corrected chi connectivity index (χ1v) is 8.30. The number of aromatic nitrogens is 1. The van der Waals surface area contributed by atoms with Crippen LogP contribution in [0.1, 0.15) is 10.4 Å². The quantitative estimate of drug-likeness (QED) is 0.465. The first-order valence-electron chi connectivity index (χ1n) is 6.73. The van der Waals surface area contributed by atoms with Crippen LogP contribution in [0.5, 0.6) is 5.75 Å². The van der Waals surface area contributed by atoms with E-state index in [9.17, 15) is 4.79 Å². The zero-order valence-corrected chi connectivity index (χ0v) is 14.7. The molecule has 2 aromatic carbocycles. The number of hydrogen-bond donors (Lipinski definition) is 3. The third kappa shape index (κ3) is 3.25. The number of hydrazine groups is 1. The van der Waals surface area contributed by atoms with Crippen molar-refractivity contribution in [3.05, 3.63) is 45.9 Å². The van der Waals surface area contributed by atoms with Gasteiger partial charge in [0.2, 0.25) is 0 Å². The van der Waals surface area contributed by atoms with Gasteiger partial charge in [-0.2, -0.15) is 0 Å². The molecule has 0 unspecified atom stereocenters. The average molecular weight is 383 g/mol. The van der Waals surface area contributed by atoms with Crippen LogP contribution in [-0.2, 0) is 0 Å². The van der Waals surface area contributed by atoms with E-state index in [1.54, 1.807) is 24.3 Å². The van der Waals surface area contributed by atoms with Crippen molar-refractivity contribution < 1.29 is 9.53 Å². The van der Waals surface area contributed by atoms with Crippen LogP contribution in [0.4, 0.5) is 10.8 Å². The predicted octanol–water partition coefficient (Wildman–Crippen LogP) is 4.15. The van der Waals surface area contributed by atoms with Gasteiger partial charge in [0.05, 0.1) is 21.9 Å². The third-order valence-corrected chi connectivity index (χ3v) is 4.92. The third-order valence-electron chi connectivity index (χ3n) is 3.24. The van der Waals surface area contributed by atoms with Crippen LogP contribution in [0, 0.1) is 0 Å². The first kappa shape index (κ1) is 16.8. The van der Waals surface area contributed by atoms with E-state index in [1.807, 2.05) is 0 Å². The molecule has 4 N–H and O–H groups in total. The summed E-state index contributed by atoms with van der Waals surface area (Å²) in [4.78, 5) is 16.7. The monoisotopic (exact) mass is 382 g/mol. The van der Waals surface area contributed by atoms with Crippen molar-refractivity contribution in [3.8, 4) is 5.75 Å². The number of amides is 1. The number of anilines is 2. The van der Waals surface area contributed by atoms with Crippen LogP contribution in [0.15, 0.2) is 30.3 Å². The van der Waals surface area contributed by atoms with Gasteiger partial charge >= 0.3 is 0 Å². The largest absolute Gasteiger partial charge is 0.494 e. The van der Waals surface area contributed by atoms with Crippen molar-refractivity contribution in [2.24, 2.45) is 5.84 Å². The predicted molar refractivity (Wildman–Crippen MR) is 98.4 cm³/mol. The molecule has 0 saturated heterocycles. The molecule has 6 nitrogen and oxygen atoms in total. The van der Waals surface area contributed by atoms with Crippen molar-refractivity contribution in [2.45, 2.75) is 0 Å². The van der Waals surface area contributed by atoms with Gasteiger partial charge in [0.15, 0.2) is 5.13 Å². The zero-order valence-electron chi connectivity index (χ0n) is 12.4. The van der Waals surface area contributed by atoms with Gasteiger partial charge in [-0.1, -0.05) is 34.5 Å². The fraction of sp³-hybridized carbons (Fsp3) is 0.0667. The second-order valence-electron chi connectivity index (χ2n) is 4.77. The highest BCUT2D eigenvalue weighted by Gasteiger charge is 2.13. The molecule has 0 atom stereocenters. The van der Waals surface area contributed by atoms with Crippen LogP contribution in [0.2, 0.25) is 10.0 Å². The highest BCUT2D eigenvalue weighted by Crippen LogP contribution is 2.35. The number of nitrogens with one attached hydrogen (secondary N) is 2. The first-order chi connectivity index (χ1) is 11.5. The minimum atomic E-state index is -0.309. The Morgan fingerprint density at radius 2 is 2.04 bits per heavy atom. The maximum atomic E-state index is 12.4. The summed E-state index contributed by atoms with van der Waals surface area (Å²) in [7, 11) is 1.54. The lowest BCUT2D eigenvalue weighted by atomic mass is 10.2. The number of thiazole rings is 1. The van der Waals surface area contributed by atoms with Crippen LogP contribution >= 0.6 is 34.5 Å². The van der Waals surface area contributed by atoms with Crippen LogP contribution < -0.4 is 21.3 Å². The van der Waals surface area contributed by atoms with Crippen molar-refractivity contribution in [1.29, 1.82) is 0 Å². The van der Waals surface area contributed by atoms with Gasteiger partial charge in [0, 0.05) is 17.3 Å². The lowest BCUT2D eigenvalue weighted by Gasteiger charge is -2.08. The summed E-state index contributed by atoms with van der Waals surface area (Å²) in [6, 6.07) is 8.18. The topological polar surface area (TPSA) is 89.3 Å². The van der Waals surface area contributed by atoms with Gasteiger partial charge in [0.25, 0.3) is 5.91 Å². The number of ether oxygens (including phenoxy) is 1. The highest BCUT2D eigenvalue weighted by molar-refractivity contribution is 7.22. The molecule has 9 heteroatoms. The van der Waals surface area contributed by atoms with Gasteiger partial charge in [0.1, 0.15) is 11.3 Å². The van der Waals surface area contributed by atoms with Crippen molar-refractivity contribution in [3.63, 3.8) is 0 Å². The number of methoxy groups -OCH3 is 1. The number of fused-ring (bicyclic) bond motifs is 1. The summed E-state index contributed by atoms with van der Waals surface area (Å²) < 4.78 is 6.16. The molecule has 1 aromatic heterocycles. The number of carbonyl (C=O) groups is 1. The molecule has 124 valence electrons. The van der Waals surface area contributed by atoms with E-state index < -0.39 is 0 Å². The minimum absolute atomic E-state index is 0.309. The number of nitrogens with two attached hydrogens (primary N) is 1. The van der Waals surface area contributed by atoms with E-state index in [4.69, 9.17) is 33.8 Å². The van der Waals surface area contributed by atoms with E-state index in [-0.39, 0.29) is 5.91 Å². The number of rotatable bonds is 4. The molecular weight excluding hydrogens is 371 g/mol. The Hall–Kier alpha value is -2.06. The van der Waals surface area contributed by atoms with Crippen molar-refractivity contribution in [1.82, 2.24) is 4.98 Å². The normalized spacial score (nSPS) is 10.7. The summed E-state index contributed by atoms with van der Waals surface area (Å²) in [5, 5.41) is 4.07. The summed E-state index contributed by atoms with van der Waals surface area (Å²) in [6.45, 7) is 0. The van der Waals surface area contributed by atoms with Crippen LogP contribution in [0.25, 0.3) is 10.2 Å². The molecule has 1 heterocycles. The van der Waals surface area contributed by atoms with E-state index in [1.165, 1.54) is 24.5 Å². The van der Waals surface area contributed by atoms with Gasteiger partial charge in [-0.25, -0.2) is 10.8 Å². The average Bonchev–Trinajstić information content (AvgIpc) is 2.99. The lowest BCUT2D eigenvalue weighted by molar-refractivity contribution is 0.102. The van der Waals surface area contributed by atoms with Gasteiger partial charge in [-0.05, 0) is 24.3 Å². The minimum Gasteiger partial charge on any atom is -0.494 e. The molecule has 0 bridgehead atoms. The molecule has 0 aliphatic heterocycles. The molecule has 3 rings (SSSR count). The Balaban J connectivity index is 1.94. The smallest absolute Gasteiger partial charge is 0.255 e. The maximum Gasteiger partial charge on any atom is 0.255 e. The number of nitrogens with zero attached hydrogens (tertiary/aromatic N) is 1.